The lowest BCUT2D eigenvalue weighted by atomic mass is 10.1. The number of rotatable bonds is 8. The summed E-state index contributed by atoms with van der Waals surface area (Å²) in [5, 5.41) is 3.30. The van der Waals surface area contributed by atoms with Gasteiger partial charge in [-0.15, -0.1) is 0 Å². The normalized spacial score (nSPS) is 10.9. The Labute approximate surface area is 172 Å². The van der Waals surface area contributed by atoms with Crippen LogP contribution >= 0.6 is 11.3 Å². The van der Waals surface area contributed by atoms with Crippen LogP contribution in [-0.2, 0) is 4.79 Å². The molecule has 1 aromatic heterocycles. The number of nitrogens with one attached hydrogen (secondary N) is 1. The van der Waals surface area contributed by atoms with Gasteiger partial charge in [0.25, 0.3) is 0 Å². The molecule has 0 saturated heterocycles. The molecule has 0 unspecified atom stereocenters. The van der Waals surface area contributed by atoms with E-state index in [4.69, 9.17) is 18.9 Å². The molecule has 2 aromatic carbocycles. The molecule has 7 nitrogen and oxygen atoms in total. The average molecular weight is 414 g/mol. The van der Waals surface area contributed by atoms with Crippen molar-refractivity contribution in [3.63, 3.8) is 0 Å². The van der Waals surface area contributed by atoms with Gasteiger partial charge in [-0.25, -0.2) is 4.98 Å². The van der Waals surface area contributed by atoms with Crippen LogP contribution in [0.4, 0.5) is 5.13 Å². The first-order chi connectivity index (χ1) is 14.1. The van der Waals surface area contributed by atoms with Crippen molar-refractivity contribution in [2.45, 2.75) is 6.92 Å². The number of nitrogens with zero attached hydrogens (tertiary/aromatic N) is 1. The van der Waals surface area contributed by atoms with Crippen LogP contribution in [0.15, 0.2) is 36.4 Å². The highest BCUT2D eigenvalue weighted by atomic mass is 32.1. The van der Waals surface area contributed by atoms with Crippen molar-refractivity contribution < 1.29 is 23.7 Å². The van der Waals surface area contributed by atoms with Crippen LogP contribution in [0.5, 0.6) is 23.0 Å². The molecule has 0 fully saturated rings. The van der Waals surface area contributed by atoms with Gasteiger partial charge in [0.15, 0.2) is 16.6 Å². The fraction of sp³-hybridized carbons (Fsp3) is 0.238. The van der Waals surface area contributed by atoms with Gasteiger partial charge in [0, 0.05) is 17.7 Å². The Morgan fingerprint density at radius 2 is 1.79 bits per heavy atom. The Balaban J connectivity index is 1.76. The largest absolute Gasteiger partial charge is 0.496 e. The smallest absolute Gasteiger partial charge is 0.250 e. The molecular formula is C21H22N2O5S. The van der Waals surface area contributed by atoms with Gasteiger partial charge in [-0.2, -0.15) is 0 Å². The number of amides is 1. The van der Waals surface area contributed by atoms with E-state index in [9.17, 15) is 4.79 Å². The van der Waals surface area contributed by atoms with Crippen molar-refractivity contribution >= 4 is 38.7 Å². The predicted molar refractivity (Wildman–Crippen MR) is 115 cm³/mol. The number of hydrogen-bond donors (Lipinski definition) is 1. The van der Waals surface area contributed by atoms with Gasteiger partial charge >= 0.3 is 0 Å². The van der Waals surface area contributed by atoms with Crippen LogP contribution in [-0.4, -0.2) is 38.8 Å². The molecule has 1 amide bonds. The van der Waals surface area contributed by atoms with E-state index in [1.54, 1.807) is 39.5 Å². The lowest BCUT2D eigenvalue weighted by Crippen LogP contribution is -2.07. The van der Waals surface area contributed by atoms with Crippen LogP contribution in [0.3, 0.4) is 0 Å². The monoisotopic (exact) mass is 414 g/mol. The Kier molecular flexibility index (Phi) is 6.56. The minimum Gasteiger partial charge on any atom is -0.496 e. The molecule has 0 atom stereocenters. The second kappa shape index (κ2) is 9.29. The summed E-state index contributed by atoms with van der Waals surface area (Å²) in [7, 11) is 4.65. The molecule has 0 radical (unpaired) electrons. The van der Waals surface area contributed by atoms with Gasteiger partial charge in [0.05, 0.1) is 38.2 Å². The van der Waals surface area contributed by atoms with Crippen molar-refractivity contribution in [2.24, 2.45) is 0 Å². The number of aromatic nitrogens is 1. The van der Waals surface area contributed by atoms with Gasteiger partial charge in [-0.05, 0) is 37.3 Å². The number of anilines is 1. The summed E-state index contributed by atoms with van der Waals surface area (Å²) in [5.74, 6) is 2.14. The second-order valence-corrected chi connectivity index (χ2v) is 6.88. The highest BCUT2D eigenvalue weighted by Crippen LogP contribution is 2.35. The molecular weight excluding hydrogens is 392 g/mol. The highest BCUT2D eigenvalue weighted by Gasteiger charge is 2.11. The lowest BCUT2D eigenvalue weighted by Gasteiger charge is -2.12. The number of benzene rings is 2. The third-order valence-corrected chi connectivity index (χ3v) is 4.98. The van der Waals surface area contributed by atoms with E-state index in [1.165, 1.54) is 17.4 Å². The van der Waals surface area contributed by atoms with E-state index < -0.39 is 0 Å². The molecule has 152 valence electrons. The van der Waals surface area contributed by atoms with Gasteiger partial charge < -0.3 is 18.9 Å². The van der Waals surface area contributed by atoms with Crippen molar-refractivity contribution in [3.8, 4) is 23.0 Å². The molecule has 1 N–H and O–H groups in total. The molecule has 0 bridgehead atoms. The second-order valence-electron chi connectivity index (χ2n) is 5.85. The molecule has 0 aliphatic carbocycles. The first kappa shape index (κ1) is 20.5. The minimum absolute atomic E-state index is 0.300. The summed E-state index contributed by atoms with van der Waals surface area (Å²) in [6, 6.07) is 9.10. The van der Waals surface area contributed by atoms with Crippen LogP contribution in [0.1, 0.15) is 12.5 Å². The fourth-order valence-electron chi connectivity index (χ4n) is 2.71. The zero-order valence-corrected chi connectivity index (χ0v) is 17.5. The maximum absolute atomic E-state index is 12.4. The summed E-state index contributed by atoms with van der Waals surface area (Å²) >= 11 is 1.39. The van der Waals surface area contributed by atoms with Crippen molar-refractivity contribution in [1.82, 2.24) is 4.98 Å². The quantitative estimate of drug-likeness (QED) is 0.552. The van der Waals surface area contributed by atoms with Gasteiger partial charge in [0.1, 0.15) is 11.5 Å². The molecule has 1 heterocycles. The van der Waals surface area contributed by atoms with Gasteiger partial charge in [-0.3, -0.25) is 10.1 Å². The summed E-state index contributed by atoms with van der Waals surface area (Å²) in [6.45, 7) is 2.53. The lowest BCUT2D eigenvalue weighted by molar-refractivity contribution is -0.111. The maximum Gasteiger partial charge on any atom is 0.250 e. The third kappa shape index (κ3) is 4.78. The molecule has 0 aliphatic rings. The summed E-state index contributed by atoms with van der Waals surface area (Å²) < 4.78 is 22.4. The minimum atomic E-state index is -0.300. The van der Waals surface area contributed by atoms with E-state index in [0.717, 1.165) is 16.0 Å². The Morgan fingerprint density at radius 3 is 2.48 bits per heavy atom. The first-order valence-electron chi connectivity index (χ1n) is 8.90. The Morgan fingerprint density at radius 1 is 1.07 bits per heavy atom. The standard InChI is InChI=1S/C21H22N2O5S/c1-5-28-14-7-8-15-19(11-14)29-21(22-15)23-20(24)9-6-13-10-17(26-3)18(27-4)12-16(13)25-2/h6-12H,5H2,1-4H3,(H,22,23,24)/b9-6+. The number of hydrogen-bond acceptors (Lipinski definition) is 7. The predicted octanol–water partition coefficient (Wildman–Crippen LogP) is 4.37. The number of carbonyl (C=O) groups is 1. The maximum atomic E-state index is 12.4. The van der Waals surface area contributed by atoms with E-state index in [0.29, 0.717) is 34.6 Å². The highest BCUT2D eigenvalue weighted by molar-refractivity contribution is 7.22. The topological polar surface area (TPSA) is 78.9 Å². The van der Waals surface area contributed by atoms with E-state index >= 15 is 0 Å². The molecule has 0 saturated carbocycles. The Hall–Kier alpha value is -3.26. The number of thiazole rings is 1. The fourth-order valence-corrected chi connectivity index (χ4v) is 3.61. The van der Waals surface area contributed by atoms with Crippen LogP contribution in [0, 0.1) is 0 Å². The summed E-state index contributed by atoms with van der Waals surface area (Å²) in [5.41, 5.74) is 1.49. The molecule has 0 spiro atoms. The summed E-state index contributed by atoms with van der Waals surface area (Å²) in [6.07, 6.45) is 3.07. The van der Waals surface area contributed by atoms with Crippen LogP contribution < -0.4 is 24.3 Å². The van der Waals surface area contributed by atoms with Crippen molar-refractivity contribution in [2.75, 3.05) is 33.3 Å². The van der Waals surface area contributed by atoms with E-state index in [2.05, 4.69) is 10.3 Å². The Bertz CT molecular complexity index is 1040. The number of ether oxygens (including phenoxy) is 4. The number of fused-ring (bicyclic) bond motifs is 1. The molecule has 0 aliphatic heterocycles. The zero-order chi connectivity index (χ0) is 20.8. The third-order valence-electron chi connectivity index (χ3n) is 4.05. The average Bonchev–Trinajstić information content (AvgIpc) is 3.13. The van der Waals surface area contributed by atoms with Crippen LogP contribution in [0.2, 0.25) is 0 Å². The van der Waals surface area contributed by atoms with Crippen molar-refractivity contribution in [1.29, 1.82) is 0 Å². The first-order valence-corrected chi connectivity index (χ1v) is 9.72. The number of methoxy groups -OCH3 is 3. The molecule has 8 heteroatoms. The molecule has 3 rings (SSSR count). The summed E-state index contributed by atoms with van der Waals surface area (Å²) in [4.78, 5) is 16.8. The zero-order valence-electron chi connectivity index (χ0n) is 16.6. The van der Waals surface area contributed by atoms with Gasteiger partial charge in [-0.1, -0.05) is 11.3 Å². The van der Waals surface area contributed by atoms with Crippen LogP contribution in [0.25, 0.3) is 16.3 Å². The number of carbonyl (C=O) groups excluding carboxylic acids is 1. The van der Waals surface area contributed by atoms with E-state index in [-0.39, 0.29) is 5.91 Å². The van der Waals surface area contributed by atoms with E-state index in [1.807, 2.05) is 25.1 Å². The molecule has 3 aromatic rings. The molecule has 29 heavy (non-hydrogen) atoms. The van der Waals surface area contributed by atoms with Crippen molar-refractivity contribution in [3.05, 3.63) is 42.0 Å². The van der Waals surface area contributed by atoms with Gasteiger partial charge in [0.2, 0.25) is 5.91 Å². The SMILES string of the molecule is CCOc1ccc2nc(NC(=O)/C=C/c3cc(OC)c(OC)cc3OC)sc2c1.